The molecule has 4 rings (SSSR count). The molecular weight excluding hydrogens is 260 g/mol. The van der Waals surface area contributed by atoms with Crippen molar-refractivity contribution in [1.29, 1.82) is 0 Å². The standard InChI is InChI=1S/C19H30O2/c1-18-9-4-3-5-12(18)11-15(20)17-13-6-7-16(21)19(13,2)10-8-14(17)18/h11,13-17,20-21H,3-10H2,1-2H3/t13-,14-,15-,16-,17-,18-,19-/m0/s1. The van der Waals surface area contributed by atoms with Gasteiger partial charge in [0, 0.05) is 0 Å². The van der Waals surface area contributed by atoms with Gasteiger partial charge in [0.05, 0.1) is 12.2 Å². The van der Waals surface area contributed by atoms with E-state index in [1.54, 1.807) is 5.57 Å². The molecule has 2 nitrogen and oxygen atoms in total. The molecule has 3 saturated carbocycles. The van der Waals surface area contributed by atoms with E-state index in [0.717, 1.165) is 19.3 Å². The van der Waals surface area contributed by atoms with Gasteiger partial charge in [0.2, 0.25) is 0 Å². The maximum Gasteiger partial charge on any atom is 0.0757 e. The summed E-state index contributed by atoms with van der Waals surface area (Å²) in [6.07, 6.45) is 11.3. The van der Waals surface area contributed by atoms with E-state index in [1.807, 2.05) is 0 Å². The average molecular weight is 290 g/mol. The predicted molar refractivity (Wildman–Crippen MR) is 83.7 cm³/mol. The summed E-state index contributed by atoms with van der Waals surface area (Å²) >= 11 is 0. The summed E-state index contributed by atoms with van der Waals surface area (Å²) in [4.78, 5) is 0. The van der Waals surface area contributed by atoms with Gasteiger partial charge in [0.25, 0.3) is 0 Å². The Hall–Kier alpha value is -0.340. The summed E-state index contributed by atoms with van der Waals surface area (Å²) < 4.78 is 0. The molecule has 0 amide bonds. The number of fused-ring (bicyclic) bond motifs is 5. The molecule has 0 aromatic heterocycles. The first-order valence-corrected chi connectivity index (χ1v) is 9.04. The summed E-state index contributed by atoms with van der Waals surface area (Å²) in [6.45, 7) is 4.75. The molecule has 0 unspecified atom stereocenters. The van der Waals surface area contributed by atoms with Crippen LogP contribution in [-0.2, 0) is 0 Å². The molecule has 0 bridgehead atoms. The van der Waals surface area contributed by atoms with Crippen LogP contribution in [0.15, 0.2) is 11.6 Å². The fraction of sp³-hybridized carbons (Fsp3) is 0.895. The van der Waals surface area contributed by atoms with E-state index in [1.165, 1.54) is 32.1 Å². The van der Waals surface area contributed by atoms with Gasteiger partial charge in [0.1, 0.15) is 0 Å². The lowest BCUT2D eigenvalue weighted by Gasteiger charge is -2.58. The lowest BCUT2D eigenvalue weighted by Crippen LogP contribution is -2.54. The molecule has 0 saturated heterocycles. The van der Waals surface area contributed by atoms with Gasteiger partial charge in [-0.2, -0.15) is 0 Å². The van der Waals surface area contributed by atoms with Crippen LogP contribution in [0, 0.1) is 28.6 Å². The SMILES string of the molecule is C[C@]12CC[C@H]3[C@@H]([C@@H](O)C=C4CCCC[C@@]43C)[C@@H]1CC[C@@H]2O. The fourth-order valence-electron chi connectivity index (χ4n) is 6.66. The molecule has 3 fully saturated rings. The van der Waals surface area contributed by atoms with Crippen LogP contribution in [0.3, 0.4) is 0 Å². The van der Waals surface area contributed by atoms with Crippen molar-refractivity contribution in [2.24, 2.45) is 28.6 Å². The van der Waals surface area contributed by atoms with Crippen LogP contribution in [0.5, 0.6) is 0 Å². The smallest absolute Gasteiger partial charge is 0.0757 e. The van der Waals surface area contributed by atoms with E-state index < -0.39 is 0 Å². The Balaban J connectivity index is 1.75. The summed E-state index contributed by atoms with van der Waals surface area (Å²) in [5.74, 6) is 1.53. The third kappa shape index (κ3) is 1.78. The Morgan fingerprint density at radius 1 is 1.00 bits per heavy atom. The minimum absolute atomic E-state index is 0.0541. The second-order valence-corrected chi connectivity index (χ2v) is 8.74. The van der Waals surface area contributed by atoms with Crippen molar-refractivity contribution in [2.75, 3.05) is 0 Å². The molecule has 0 heterocycles. The Morgan fingerprint density at radius 3 is 2.62 bits per heavy atom. The molecule has 4 aliphatic rings. The molecule has 4 aliphatic carbocycles. The van der Waals surface area contributed by atoms with Gasteiger partial charge in [-0.05, 0) is 73.5 Å². The van der Waals surface area contributed by atoms with Gasteiger partial charge in [-0.3, -0.25) is 0 Å². The number of hydrogen-bond acceptors (Lipinski definition) is 2. The Morgan fingerprint density at radius 2 is 1.81 bits per heavy atom. The molecule has 0 aromatic carbocycles. The molecule has 0 aliphatic heterocycles. The first kappa shape index (κ1) is 14.3. The maximum absolute atomic E-state index is 10.8. The van der Waals surface area contributed by atoms with Crippen LogP contribution in [0.1, 0.15) is 65.2 Å². The van der Waals surface area contributed by atoms with Crippen LogP contribution in [-0.4, -0.2) is 22.4 Å². The normalized spacial score (nSPS) is 56.2. The van der Waals surface area contributed by atoms with Crippen molar-refractivity contribution < 1.29 is 10.2 Å². The summed E-state index contributed by atoms with van der Waals surface area (Å²) in [6, 6.07) is 0. The zero-order valence-corrected chi connectivity index (χ0v) is 13.5. The Labute approximate surface area is 128 Å². The number of aliphatic hydroxyl groups excluding tert-OH is 2. The first-order valence-electron chi connectivity index (χ1n) is 9.04. The second-order valence-electron chi connectivity index (χ2n) is 8.74. The molecule has 2 heteroatoms. The summed E-state index contributed by atoms with van der Waals surface area (Å²) in [5.41, 5.74) is 1.93. The molecule has 0 spiro atoms. The van der Waals surface area contributed by atoms with Crippen LogP contribution in [0.25, 0.3) is 0 Å². The molecular formula is C19H30O2. The van der Waals surface area contributed by atoms with Crippen LogP contribution >= 0.6 is 0 Å². The third-order valence-electron chi connectivity index (χ3n) is 7.99. The van der Waals surface area contributed by atoms with Crippen molar-refractivity contribution in [2.45, 2.75) is 77.4 Å². The van der Waals surface area contributed by atoms with Crippen molar-refractivity contribution >= 4 is 0 Å². The highest BCUT2D eigenvalue weighted by molar-refractivity contribution is 5.27. The molecule has 0 aromatic rings. The molecule has 0 radical (unpaired) electrons. The topological polar surface area (TPSA) is 40.5 Å². The number of rotatable bonds is 0. The highest BCUT2D eigenvalue weighted by atomic mass is 16.3. The largest absolute Gasteiger partial charge is 0.393 e. The van der Waals surface area contributed by atoms with Gasteiger partial charge in [-0.25, -0.2) is 0 Å². The molecule has 7 atom stereocenters. The zero-order chi connectivity index (χ0) is 14.8. The van der Waals surface area contributed by atoms with E-state index in [9.17, 15) is 10.2 Å². The lowest BCUT2D eigenvalue weighted by molar-refractivity contribution is -0.101. The average Bonchev–Trinajstić information content (AvgIpc) is 2.76. The molecule has 118 valence electrons. The van der Waals surface area contributed by atoms with Crippen molar-refractivity contribution in [3.8, 4) is 0 Å². The Kier molecular flexibility index (Phi) is 3.11. The van der Waals surface area contributed by atoms with E-state index in [4.69, 9.17) is 0 Å². The van der Waals surface area contributed by atoms with E-state index in [2.05, 4.69) is 19.9 Å². The van der Waals surface area contributed by atoms with Crippen molar-refractivity contribution in [3.63, 3.8) is 0 Å². The maximum atomic E-state index is 10.8. The second kappa shape index (κ2) is 4.58. The van der Waals surface area contributed by atoms with Gasteiger partial charge in [0.15, 0.2) is 0 Å². The minimum Gasteiger partial charge on any atom is -0.393 e. The van der Waals surface area contributed by atoms with Gasteiger partial charge in [-0.1, -0.05) is 31.9 Å². The Bertz CT molecular complexity index is 470. The highest BCUT2D eigenvalue weighted by Gasteiger charge is 2.60. The monoisotopic (exact) mass is 290 g/mol. The number of allylic oxidation sites excluding steroid dienone is 1. The van der Waals surface area contributed by atoms with Crippen LogP contribution in [0.2, 0.25) is 0 Å². The zero-order valence-electron chi connectivity index (χ0n) is 13.5. The van der Waals surface area contributed by atoms with E-state index >= 15 is 0 Å². The minimum atomic E-state index is -0.272. The number of aliphatic hydroxyl groups is 2. The summed E-state index contributed by atoms with van der Waals surface area (Å²) in [7, 11) is 0. The first-order chi connectivity index (χ1) is 9.97. The molecule has 21 heavy (non-hydrogen) atoms. The van der Waals surface area contributed by atoms with Crippen molar-refractivity contribution in [3.05, 3.63) is 11.6 Å². The molecule has 2 N–H and O–H groups in total. The van der Waals surface area contributed by atoms with Gasteiger partial charge >= 0.3 is 0 Å². The van der Waals surface area contributed by atoms with Crippen molar-refractivity contribution in [1.82, 2.24) is 0 Å². The van der Waals surface area contributed by atoms with Crippen LogP contribution < -0.4 is 0 Å². The van der Waals surface area contributed by atoms with Gasteiger partial charge in [-0.15, -0.1) is 0 Å². The van der Waals surface area contributed by atoms with Crippen LogP contribution in [0.4, 0.5) is 0 Å². The number of hydrogen-bond donors (Lipinski definition) is 2. The van der Waals surface area contributed by atoms with E-state index in [0.29, 0.717) is 23.2 Å². The quantitative estimate of drug-likeness (QED) is 0.668. The van der Waals surface area contributed by atoms with E-state index in [-0.39, 0.29) is 17.6 Å². The highest BCUT2D eigenvalue weighted by Crippen LogP contribution is 2.64. The summed E-state index contributed by atoms with van der Waals surface area (Å²) in [5, 5.41) is 21.3. The fourth-order valence-corrected chi connectivity index (χ4v) is 6.66. The lowest BCUT2D eigenvalue weighted by atomic mass is 9.47. The third-order valence-corrected chi connectivity index (χ3v) is 7.99. The van der Waals surface area contributed by atoms with Gasteiger partial charge < -0.3 is 10.2 Å². The predicted octanol–water partition coefficient (Wildman–Crippen LogP) is 3.67.